The second-order valence-electron chi connectivity index (χ2n) is 5.19. The molecule has 0 radical (unpaired) electrons. The van der Waals surface area contributed by atoms with Crippen LogP contribution in [0.3, 0.4) is 0 Å². The van der Waals surface area contributed by atoms with Crippen LogP contribution in [-0.4, -0.2) is 27.7 Å². The first kappa shape index (κ1) is 11.4. The van der Waals surface area contributed by atoms with Crippen LogP contribution in [0.15, 0.2) is 43.3 Å². The predicted octanol–water partition coefficient (Wildman–Crippen LogP) is 1.80. The number of allylic oxidation sites excluding steroid dienone is 1. The van der Waals surface area contributed by atoms with Crippen LogP contribution in [0.4, 0.5) is 0 Å². The molecule has 2 heterocycles. The summed E-state index contributed by atoms with van der Waals surface area (Å²) in [6, 6.07) is 0. The molecule has 2 aliphatic rings. The Morgan fingerprint density at radius 3 is 2.61 bits per heavy atom. The molecule has 1 aliphatic heterocycles. The van der Waals surface area contributed by atoms with E-state index in [1.165, 1.54) is 12.8 Å². The number of imidazole rings is 1. The smallest absolute Gasteiger partial charge is 0.0946 e. The summed E-state index contributed by atoms with van der Waals surface area (Å²) in [6.07, 6.45) is 17.3. The Bertz CT molecular complexity index is 421. The maximum absolute atomic E-state index is 4.09. The van der Waals surface area contributed by atoms with Gasteiger partial charge in [-0.2, -0.15) is 0 Å². The lowest BCUT2D eigenvalue weighted by molar-refractivity contribution is 0.312. The van der Waals surface area contributed by atoms with Crippen molar-refractivity contribution in [2.24, 2.45) is 11.8 Å². The molecule has 0 saturated carbocycles. The minimum absolute atomic E-state index is 0.669. The standard InChI is InChI=1S/C14H20N4/c1-2-14(10-18-8-6-16-12-18)4-3-13(1)9-17-7-5-15-11-17/h1-2,5-8,11,13-14,16H,3-4,9-10,12H2/t13-,14+/m1/s1. The van der Waals surface area contributed by atoms with Crippen LogP contribution in [0, 0.1) is 11.8 Å². The minimum Gasteiger partial charge on any atom is -0.373 e. The molecule has 0 amide bonds. The monoisotopic (exact) mass is 244 g/mol. The molecule has 18 heavy (non-hydrogen) atoms. The van der Waals surface area contributed by atoms with Gasteiger partial charge in [0.05, 0.1) is 13.0 Å². The minimum atomic E-state index is 0.669. The summed E-state index contributed by atoms with van der Waals surface area (Å²) in [5, 5.41) is 3.21. The Kier molecular flexibility index (Phi) is 3.35. The first-order chi connectivity index (χ1) is 8.90. The van der Waals surface area contributed by atoms with E-state index in [2.05, 4.69) is 38.1 Å². The van der Waals surface area contributed by atoms with Crippen molar-refractivity contribution in [3.63, 3.8) is 0 Å². The molecule has 0 spiro atoms. The average Bonchev–Trinajstić information content (AvgIpc) is 3.05. The summed E-state index contributed by atoms with van der Waals surface area (Å²) in [6.45, 7) is 3.16. The molecule has 1 aliphatic carbocycles. The molecular formula is C14H20N4. The van der Waals surface area contributed by atoms with E-state index in [0.717, 1.165) is 19.8 Å². The van der Waals surface area contributed by atoms with E-state index in [-0.39, 0.29) is 0 Å². The first-order valence-electron chi connectivity index (χ1n) is 6.68. The Morgan fingerprint density at radius 1 is 1.17 bits per heavy atom. The topological polar surface area (TPSA) is 33.1 Å². The molecule has 0 fully saturated rings. The van der Waals surface area contributed by atoms with Crippen molar-refractivity contribution in [3.05, 3.63) is 43.3 Å². The maximum Gasteiger partial charge on any atom is 0.0946 e. The molecular weight excluding hydrogens is 224 g/mol. The van der Waals surface area contributed by atoms with E-state index in [4.69, 9.17) is 0 Å². The quantitative estimate of drug-likeness (QED) is 0.820. The zero-order valence-corrected chi connectivity index (χ0v) is 10.6. The van der Waals surface area contributed by atoms with Crippen molar-refractivity contribution >= 4 is 0 Å². The van der Waals surface area contributed by atoms with Crippen LogP contribution in [0.2, 0.25) is 0 Å². The van der Waals surface area contributed by atoms with Gasteiger partial charge in [0, 0.05) is 37.9 Å². The SMILES string of the molecule is C1=CN(C[C@H]2C=C[C@@H](Cn3ccnc3)CC2)CN1. The number of hydrogen-bond acceptors (Lipinski definition) is 3. The summed E-state index contributed by atoms with van der Waals surface area (Å²) in [5.41, 5.74) is 0. The van der Waals surface area contributed by atoms with Crippen LogP contribution in [0.5, 0.6) is 0 Å². The average molecular weight is 244 g/mol. The molecule has 0 aromatic carbocycles. The fraction of sp³-hybridized carbons (Fsp3) is 0.500. The molecule has 4 heteroatoms. The van der Waals surface area contributed by atoms with Gasteiger partial charge in [0.15, 0.2) is 0 Å². The summed E-state index contributed by atoms with van der Waals surface area (Å²) in [7, 11) is 0. The number of hydrogen-bond donors (Lipinski definition) is 1. The van der Waals surface area contributed by atoms with Crippen molar-refractivity contribution in [1.82, 2.24) is 19.8 Å². The van der Waals surface area contributed by atoms with Crippen LogP contribution in [0.25, 0.3) is 0 Å². The highest BCUT2D eigenvalue weighted by Gasteiger charge is 2.18. The largest absolute Gasteiger partial charge is 0.373 e. The number of nitrogens with zero attached hydrogens (tertiary/aromatic N) is 3. The van der Waals surface area contributed by atoms with E-state index in [0.29, 0.717) is 11.8 Å². The van der Waals surface area contributed by atoms with E-state index in [1.54, 1.807) is 0 Å². The van der Waals surface area contributed by atoms with Gasteiger partial charge in [-0.15, -0.1) is 0 Å². The van der Waals surface area contributed by atoms with Crippen LogP contribution in [0.1, 0.15) is 12.8 Å². The number of aromatic nitrogens is 2. The third-order valence-electron chi connectivity index (χ3n) is 3.73. The number of rotatable bonds is 4. The fourth-order valence-corrected chi connectivity index (χ4v) is 2.71. The third-order valence-corrected chi connectivity index (χ3v) is 3.73. The van der Waals surface area contributed by atoms with Crippen molar-refractivity contribution in [1.29, 1.82) is 0 Å². The maximum atomic E-state index is 4.09. The molecule has 0 bridgehead atoms. The lowest BCUT2D eigenvalue weighted by atomic mass is 9.88. The highest BCUT2D eigenvalue weighted by Crippen LogP contribution is 2.24. The van der Waals surface area contributed by atoms with E-state index in [9.17, 15) is 0 Å². The van der Waals surface area contributed by atoms with E-state index >= 15 is 0 Å². The summed E-state index contributed by atoms with van der Waals surface area (Å²) >= 11 is 0. The Balaban J connectivity index is 1.49. The molecule has 2 atom stereocenters. The molecule has 1 aromatic rings. The highest BCUT2D eigenvalue weighted by atomic mass is 15.2. The molecule has 3 rings (SSSR count). The third kappa shape index (κ3) is 2.75. The molecule has 1 aromatic heterocycles. The van der Waals surface area contributed by atoms with Gasteiger partial charge in [-0.1, -0.05) is 12.2 Å². The fourth-order valence-electron chi connectivity index (χ4n) is 2.71. The Labute approximate surface area is 108 Å². The van der Waals surface area contributed by atoms with Gasteiger partial charge in [0.2, 0.25) is 0 Å². The summed E-state index contributed by atoms with van der Waals surface area (Å²) in [4.78, 5) is 6.43. The van der Waals surface area contributed by atoms with Gasteiger partial charge in [-0.3, -0.25) is 0 Å². The van der Waals surface area contributed by atoms with E-state index in [1.807, 2.05) is 24.9 Å². The second kappa shape index (κ2) is 5.29. The molecule has 0 saturated heterocycles. The normalized spacial score (nSPS) is 26.6. The van der Waals surface area contributed by atoms with Crippen LogP contribution >= 0.6 is 0 Å². The first-order valence-corrected chi connectivity index (χ1v) is 6.68. The van der Waals surface area contributed by atoms with Gasteiger partial charge < -0.3 is 14.8 Å². The molecule has 1 N–H and O–H groups in total. The summed E-state index contributed by atoms with van der Waals surface area (Å²) < 4.78 is 2.17. The molecule has 0 unspecified atom stereocenters. The Hall–Kier alpha value is -1.71. The van der Waals surface area contributed by atoms with Gasteiger partial charge >= 0.3 is 0 Å². The molecule has 4 nitrogen and oxygen atoms in total. The van der Waals surface area contributed by atoms with E-state index < -0.39 is 0 Å². The van der Waals surface area contributed by atoms with Crippen molar-refractivity contribution in [2.75, 3.05) is 13.2 Å². The van der Waals surface area contributed by atoms with Gasteiger partial charge in [0.25, 0.3) is 0 Å². The second-order valence-corrected chi connectivity index (χ2v) is 5.19. The lowest BCUT2D eigenvalue weighted by Crippen LogP contribution is -2.27. The zero-order valence-electron chi connectivity index (χ0n) is 10.6. The van der Waals surface area contributed by atoms with Crippen LogP contribution < -0.4 is 5.32 Å². The zero-order chi connectivity index (χ0) is 12.2. The van der Waals surface area contributed by atoms with Crippen molar-refractivity contribution in [2.45, 2.75) is 19.4 Å². The van der Waals surface area contributed by atoms with Gasteiger partial charge in [-0.05, 0) is 24.7 Å². The van der Waals surface area contributed by atoms with Gasteiger partial charge in [-0.25, -0.2) is 4.98 Å². The van der Waals surface area contributed by atoms with Crippen LogP contribution in [-0.2, 0) is 6.54 Å². The van der Waals surface area contributed by atoms with Gasteiger partial charge in [0.1, 0.15) is 0 Å². The van der Waals surface area contributed by atoms with Crippen molar-refractivity contribution < 1.29 is 0 Å². The summed E-state index contributed by atoms with van der Waals surface area (Å²) in [5.74, 6) is 1.37. The Morgan fingerprint density at radius 2 is 2.00 bits per heavy atom. The predicted molar refractivity (Wildman–Crippen MR) is 71.4 cm³/mol. The lowest BCUT2D eigenvalue weighted by Gasteiger charge is -2.26. The highest BCUT2D eigenvalue weighted by molar-refractivity contribution is 5.01. The molecule has 96 valence electrons. The van der Waals surface area contributed by atoms with Crippen molar-refractivity contribution in [3.8, 4) is 0 Å². The number of nitrogens with one attached hydrogen (secondary N) is 1.